The Balaban J connectivity index is 1.40. The molecule has 0 aliphatic carbocycles. The maximum atomic E-state index is 13.8. The number of aliphatic hydroxyl groups is 1. The molecular formula is C34H49N3O10S. The van der Waals surface area contributed by atoms with E-state index in [1.165, 1.54) is 4.90 Å². The van der Waals surface area contributed by atoms with Crippen LogP contribution in [0.1, 0.15) is 51.3 Å². The molecular weight excluding hydrogens is 642 g/mol. The van der Waals surface area contributed by atoms with Gasteiger partial charge in [0.1, 0.15) is 6.04 Å². The minimum absolute atomic E-state index is 0.0238. The molecule has 2 heterocycles. The van der Waals surface area contributed by atoms with Crippen LogP contribution in [0, 0.1) is 12.3 Å². The normalized spacial score (nSPS) is 17.0. The summed E-state index contributed by atoms with van der Waals surface area (Å²) in [6, 6.07) is 6.03. The van der Waals surface area contributed by atoms with Gasteiger partial charge in [-0.05, 0) is 23.5 Å². The van der Waals surface area contributed by atoms with Crippen molar-refractivity contribution in [2.45, 2.75) is 71.6 Å². The first-order valence-electron chi connectivity index (χ1n) is 16.2. The van der Waals surface area contributed by atoms with E-state index in [-0.39, 0.29) is 63.7 Å². The molecule has 1 fully saturated rings. The second kappa shape index (κ2) is 19.7. The van der Waals surface area contributed by atoms with Gasteiger partial charge >= 0.3 is 5.97 Å². The number of ketones is 1. The number of carboxylic acid groups (broad SMARTS) is 1. The number of aliphatic hydroxyl groups excluding tert-OH is 1. The van der Waals surface area contributed by atoms with Crippen LogP contribution in [0.25, 0.3) is 10.4 Å². The molecule has 2 amide bonds. The summed E-state index contributed by atoms with van der Waals surface area (Å²) in [5.41, 5.74) is 3.94. The van der Waals surface area contributed by atoms with Gasteiger partial charge in [0.15, 0.2) is 5.78 Å². The molecule has 48 heavy (non-hydrogen) atoms. The highest BCUT2D eigenvalue weighted by Crippen LogP contribution is 2.29. The fourth-order valence-corrected chi connectivity index (χ4v) is 5.98. The number of carbonyl (C=O) groups is 4. The van der Waals surface area contributed by atoms with Gasteiger partial charge in [0.25, 0.3) is 0 Å². The Morgan fingerprint density at radius 3 is 2.02 bits per heavy atom. The number of aryl methyl sites for hydroxylation is 1. The van der Waals surface area contributed by atoms with Gasteiger partial charge in [0.2, 0.25) is 11.8 Å². The molecule has 3 N–H and O–H groups in total. The van der Waals surface area contributed by atoms with Crippen molar-refractivity contribution in [1.29, 1.82) is 0 Å². The molecule has 0 radical (unpaired) electrons. The third-order valence-electron chi connectivity index (χ3n) is 7.74. The van der Waals surface area contributed by atoms with Crippen molar-refractivity contribution in [2.75, 3.05) is 59.4 Å². The van der Waals surface area contributed by atoms with Gasteiger partial charge in [-0.1, -0.05) is 45.0 Å². The smallest absolute Gasteiger partial charge is 0.305 e. The number of thiazole rings is 1. The van der Waals surface area contributed by atoms with Gasteiger partial charge in [-0.3, -0.25) is 19.2 Å². The zero-order valence-electron chi connectivity index (χ0n) is 28.3. The molecule has 1 aromatic carbocycles. The lowest BCUT2D eigenvalue weighted by molar-refractivity contribution is -0.143. The summed E-state index contributed by atoms with van der Waals surface area (Å²) in [5, 5.41) is 21.9. The molecule has 0 saturated carbocycles. The predicted octanol–water partition coefficient (Wildman–Crippen LogP) is 2.65. The minimum Gasteiger partial charge on any atom is -0.481 e. The summed E-state index contributed by atoms with van der Waals surface area (Å²) in [6.45, 7) is 9.72. The number of aliphatic carboxylic acids is 1. The van der Waals surface area contributed by atoms with Crippen molar-refractivity contribution in [2.24, 2.45) is 5.41 Å². The zero-order valence-corrected chi connectivity index (χ0v) is 29.1. The lowest BCUT2D eigenvalue weighted by atomic mass is 9.85. The van der Waals surface area contributed by atoms with Gasteiger partial charge in [-0.15, -0.1) is 11.3 Å². The number of rotatable bonds is 21. The number of β-amino-alcohol motifs (C(OH)–C–C–N with tert-alkyl or cyclic N) is 1. The third kappa shape index (κ3) is 13.0. The molecule has 1 saturated heterocycles. The van der Waals surface area contributed by atoms with Crippen LogP contribution in [-0.2, 0) is 44.5 Å². The first-order valence-corrected chi connectivity index (χ1v) is 17.1. The van der Waals surface area contributed by atoms with Crippen LogP contribution >= 0.6 is 11.3 Å². The number of hydrogen-bond acceptors (Lipinski definition) is 11. The molecule has 2 aromatic rings. The molecule has 14 heteroatoms. The van der Waals surface area contributed by atoms with E-state index in [0.717, 1.165) is 21.7 Å². The topological polar surface area (TPSA) is 174 Å². The zero-order chi connectivity index (χ0) is 35.1. The molecule has 3 rings (SSSR count). The fraction of sp³-hybridized carbons (Fsp3) is 0.618. The highest BCUT2D eigenvalue weighted by Gasteiger charge is 2.44. The standard InChI is InChI=1S/C34H49N3O10S/c1-23-31(48-22-35-23)25-7-5-24(6-8-25)19-28(39)27-20-26(38)21-37(27)33(43)32(34(2,3)4)36-29(40)9-11-44-13-15-46-17-18-47-16-14-45-12-10-30(41)42/h5-8,22,26-27,32,38H,9-21H2,1-4H3,(H,36,40)(H,41,42)/t26-,27+,32?/m1/s1. The lowest BCUT2D eigenvalue weighted by Crippen LogP contribution is -2.57. The number of Topliss-reactive ketones (excluding diaryl/α,β-unsaturated/α-hetero) is 1. The van der Waals surface area contributed by atoms with E-state index in [4.69, 9.17) is 24.1 Å². The number of carboxylic acids is 1. The van der Waals surface area contributed by atoms with Gasteiger partial charge in [-0.2, -0.15) is 0 Å². The van der Waals surface area contributed by atoms with Crippen molar-refractivity contribution in [3.63, 3.8) is 0 Å². The van der Waals surface area contributed by atoms with Crippen LogP contribution in [0.4, 0.5) is 0 Å². The summed E-state index contributed by atoms with van der Waals surface area (Å²) in [6.07, 6.45) is -0.568. The number of ether oxygens (including phenoxy) is 4. The van der Waals surface area contributed by atoms with Crippen molar-refractivity contribution in [3.8, 4) is 10.4 Å². The fourth-order valence-electron chi connectivity index (χ4n) is 5.17. The number of nitrogens with zero attached hydrogens (tertiary/aromatic N) is 2. The Hall–Kier alpha value is -3.27. The number of likely N-dealkylation sites (tertiary alicyclic amines) is 1. The van der Waals surface area contributed by atoms with Crippen LogP contribution in [-0.4, -0.2) is 121 Å². The number of benzene rings is 1. The van der Waals surface area contributed by atoms with Crippen molar-refractivity contribution in [3.05, 3.63) is 41.0 Å². The largest absolute Gasteiger partial charge is 0.481 e. The highest BCUT2D eigenvalue weighted by atomic mass is 32.1. The number of amides is 2. The number of aromatic nitrogens is 1. The molecule has 266 valence electrons. The lowest BCUT2D eigenvalue weighted by Gasteiger charge is -2.35. The van der Waals surface area contributed by atoms with Crippen molar-refractivity contribution < 1.29 is 48.3 Å². The van der Waals surface area contributed by atoms with E-state index in [1.807, 2.05) is 52.0 Å². The Bertz CT molecular complexity index is 1330. The average Bonchev–Trinajstić information content (AvgIpc) is 3.64. The van der Waals surface area contributed by atoms with E-state index in [2.05, 4.69) is 10.3 Å². The SMILES string of the molecule is Cc1ncsc1-c1ccc(CC(=O)[C@@H]2C[C@@H](O)CN2C(=O)C(NC(=O)CCOCCOCCOCCOCCC(=O)O)C(C)(C)C)cc1. The van der Waals surface area contributed by atoms with Crippen molar-refractivity contribution >= 4 is 34.9 Å². The highest BCUT2D eigenvalue weighted by molar-refractivity contribution is 7.13. The Kier molecular flexibility index (Phi) is 16.0. The van der Waals surface area contributed by atoms with E-state index in [0.29, 0.717) is 33.0 Å². The Morgan fingerprint density at radius 2 is 1.50 bits per heavy atom. The van der Waals surface area contributed by atoms with Crippen LogP contribution in [0.2, 0.25) is 0 Å². The van der Waals surface area contributed by atoms with Gasteiger partial charge in [0.05, 0.1) is 87.5 Å². The van der Waals surface area contributed by atoms with Crippen LogP contribution < -0.4 is 5.32 Å². The summed E-state index contributed by atoms with van der Waals surface area (Å²) in [7, 11) is 0. The molecule has 1 aliphatic rings. The van der Waals surface area contributed by atoms with Gasteiger partial charge in [-0.25, -0.2) is 4.98 Å². The summed E-state index contributed by atoms with van der Waals surface area (Å²) in [4.78, 5) is 57.3. The molecule has 13 nitrogen and oxygen atoms in total. The number of hydrogen-bond donors (Lipinski definition) is 3. The summed E-state index contributed by atoms with van der Waals surface area (Å²) < 4.78 is 21.4. The summed E-state index contributed by atoms with van der Waals surface area (Å²) >= 11 is 1.56. The Morgan fingerprint density at radius 1 is 0.938 bits per heavy atom. The van der Waals surface area contributed by atoms with Crippen LogP contribution in [0.3, 0.4) is 0 Å². The maximum absolute atomic E-state index is 13.8. The van der Waals surface area contributed by atoms with Gasteiger partial charge in [0, 0.05) is 25.8 Å². The summed E-state index contributed by atoms with van der Waals surface area (Å²) in [5.74, 6) is -1.83. The van der Waals surface area contributed by atoms with Gasteiger partial charge < -0.3 is 39.4 Å². The predicted molar refractivity (Wildman–Crippen MR) is 179 cm³/mol. The van der Waals surface area contributed by atoms with Crippen LogP contribution in [0.5, 0.6) is 0 Å². The first kappa shape index (κ1) is 39.2. The molecule has 3 atom stereocenters. The van der Waals surface area contributed by atoms with E-state index < -0.39 is 35.5 Å². The first-order chi connectivity index (χ1) is 22.9. The molecule has 1 unspecified atom stereocenters. The second-order valence-corrected chi connectivity index (χ2v) is 13.6. The number of carbonyl (C=O) groups excluding carboxylic acids is 3. The minimum atomic E-state index is -0.907. The molecule has 0 spiro atoms. The molecule has 1 aliphatic heterocycles. The van der Waals surface area contributed by atoms with Crippen LogP contribution in [0.15, 0.2) is 29.8 Å². The van der Waals surface area contributed by atoms with E-state index in [1.54, 1.807) is 16.8 Å². The monoisotopic (exact) mass is 691 g/mol. The second-order valence-electron chi connectivity index (χ2n) is 12.7. The maximum Gasteiger partial charge on any atom is 0.305 e. The quantitative estimate of drug-likeness (QED) is 0.164. The van der Waals surface area contributed by atoms with E-state index >= 15 is 0 Å². The van der Waals surface area contributed by atoms with Crippen molar-refractivity contribution in [1.82, 2.24) is 15.2 Å². The average molecular weight is 692 g/mol. The molecule has 0 bridgehead atoms. The Labute approximate surface area is 285 Å². The van der Waals surface area contributed by atoms with E-state index in [9.17, 15) is 24.3 Å². The molecule has 1 aromatic heterocycles. The number of nitrogens with one attached hydrogen (secondary N) is 1. The third-order valence-corrected chi connectivity index (χ3v) is 8.72.